The first kappa shape index (κ1) is 26.4. The molecule has 10 nitrogen and oxygen atoms in total. The van der Waals surface area contributed by atoms with Crippen LogP contribution in [0.4, 0.5) is 5.69 Å². The molecule has 0 bridgehead atoms. The van der Waals surface area contributed by atoms with Gasteiger partial charge in [0.1, 0.15) is 12.1 Å². The second kappa shape index (κ2) is 9.82. The summed E-state index contributed by atoms with van der Waals surface area (Å²) in [5.74, 6) is -1.21. The van der Waals surface area contributed by atoms with Crippen LogP contribution in [0.25, 0.3) is 5.69 Å². The molecule has 1 saturated heterocycles. The Morgan fingerprint density at radius 2 is 1.95 bits per heavy atom. The standard InChI is InChI=1S/C28H28ClN7O3/c1-27(2,3)13-22(31-24(37)23-15-36(34-33-23)18-10-8-17(29)9-11-18)25(38)35-16-28(12-19(35)14-30)20-6-4-5-7-21(20)32-26(28)39/h4-11,15,19,22H,12-13,16H2,1-3H3,(H,31,37)(H,32,39)/t19-,22-,28-/m0/s1. The highest BCUT2D eigenvalue weighted by Gasteiger charge is 2.56. The zero-order valence-corrected chi connectivity index (χ0v) is 22.6. The van der Waals surface area contributed by atoms with E-state index in [4.69, 9.17) is 11.6 Å². The number of anilines is 1. The molecule has 1 aromatic heterocycles. The van der Waals surface area contributed by atoms with Gasteiger partial charge in [-0.3, -0.25) is 14.4 Å². The van der Waals surface area contributed by atoms with Crippen molar-refractivity contribution >= 4 is 35.0 Å². The second-order valence-electron chi connectivity index (χ2n) is 11.2. The zero-order valence-electron chi connectivity index (χ0n) is 21.8. The summed E-state index contributed by atoms with van der Waals surface area (Å²) in [6, 6.07) is 14.7. The highest BCUT2D eigenvalue weighted by molar-refractivity contribution is 6.30. The number of halogens is 1. The van der Waals surface area contributed by atoms with Crippen molar-refractivity contribution in [3.8, 4) is 11.8 Å². The van der Waals surface area contributed by atoms with E-state index in [1.54, 1.807) is 24.3 Å². The van der Waals surface area contributed by atoms with Crippen LogP contribution < -0.4 is 10.6 Å². The first-order chi connectivity index (χ1) is 18.5. The molecular formula is C28H28ClN7O3. The lowest BCUT2D eigenvalue weighted by Crippen LogP contribution is -2.52. The molecule has 0 saturated carbocycles. The summed E-state index contributed by atoms with van der Waals surface area (Å²) in [5.41, 5.74) is 0.839. The smallest absolute Gasteiger partial charge is 0.274 e. The molecule has 1 spiro atoms. The van der Waals surface area contributed by atoms with Gasteiger partial charge in [0, 0.05) is 23.7 Å². The van der Waals surface area contributed by atoms with Gasteiger partial charge in [0.15, 0.2) is 5.69 Å². The van der Waals surface area contributed by atoms with Crippen molar-refractivity contribution in [2.24, 2.45) is 5.41 Å². The molecule has 3 aromatic rings. The van der Waals surface area contributed by atoms with E-state index in [1.165, 1.54) is 15.8 Å². The molecule has 1 fully saturated rings. The van der Waals surface area contributed by atoms with Gasteiger partial charge in [-0.25, -0.2) is 4.68 Å². The molecule has 39 heavy (non-hydrogen) atoms. The van der Waals surface area contributed by atoms with Crippen molar-refractivity contribution in [2.45, 2.75) is 51.1 Å². The Morgan fingerprint density at radius 3 is 2.64 bits per heavy atom. The van der Waals surface area contributed by atoms with Crippen molar-refractivity contribution in [3.05, 3.63) is 71.0 Å². The minimum atomic E-state index is -1.01. The number of nitrogens with one attached hydrogen (secondary N) is 2. The van der Waals surface area contributed by atoms with Gasteiger partial charge in [-0.05, 0) is 47.7 Å². The van der Waals surface area contributed by atoms with Crippen molar-refractivity contribution in [3.63, 3.8) is 0 Å². The molecule has 0 radical (unpaired) electrons. The lowest BCUT2D eigenvalue weighted by Gasteiger charge is -2.31. The van der Waals surface area contributed by atoms with Gasteiger partial charge in [0.2, 0.25) is 11.8 Å². The molecule has 2 aromatic carbocycles. The van der Waals surface area contributed by atoms with E-state index in [1.807, 2.05) is 45.0 Å². The molecule has 3 atom stereocenters. The van der Waals surface area contributed by atoms with Gasteiger partial charge in [0.05, 0.1) is 23.4 Å². The summed E-state index contributed by atoms with van der Waals surface area (Å²) >= 11 is 5.95. The summed E-state index contributed by atoms with van der Waals surface area (Å²) in [6.07, 6.45) is 1.97. The third-order valence-corrected chi connectivity index (χ3v) is 7.40. The SMILES string of the molecule is CC(C)(C)C[C@H](NC(=O)c1cn(-c2ccc(Cl)cc2)nn1)C(=O)N1C[C@]2(C[C@H]1C#N)C(=O)Nc1ccccc12. The van der Waals surface area contributed by atoms with Crippen LogP contribution in [0.1, 0.15) is 49.7 Å². The number of nitrogens with zero attached hydrogens (tertiary/aromatic N) is 5. The van der Waals surface area contributed by atoms with Gasteiger partial charge in [-0.15, -0.1) is 5.10 Å². The third-order valence-electron chi connectivity index (χ3n) is 7.15. The summed E-state index contributed by atoms with van der Waals surface area (Å²) < 4.78 is 1.44. The van der Waals surface area contributed by atoms with Gasteiger partial charge in [-0.1, -0.05) is 55.8 Å². The van der Waals surface area contributed by atoms with Crippen LogP contribution in [0, 0.1) is 16.7 Å². The van der Waals surface area contributed by atoms with Crippen LogP contribution in [0.2, 0.25) is 5.02 Å². The molecule has 5 rings (SSSR count). The predicted molar refractivity (Wildman–Crippen MR) is 144 cm³/mol. The quantitative estimate of drug-likeness (QED) is 0.504. The Hall–Kier alpha value is -4.23. The number of hydrogen-bond acceptors (Lipinski definition) is 6. The molecular weight excluding hydrogens is 518 g/mol. The number of aromatic nitrogens is 3. The van der Waals surface area contributed by atoms with E-state index in [2.05, 4.69) is 27.0 Å². The number of hydrogen-bond donors (Lipinski definition) is 2. The predicted octanol–water partition coefficient (Wildman–Crippen LogP) is 3.47. The number of amides is 3. The van der Waals surface area contributed by atoms with Crippen LogP contribution in [-0.2, 0) is 15.0 Å². The monoisotopic (exact) mass is 545 g/mol. The highest BCUT2D eigenvalue weighted by Crippen LogP contribution is 2.46. The number of fused-ring (bicyclic) bond motifs is 2. The maximum absolute atomic E-state index is 14.0. The zero-order chi connectivity index (χ0) is 27.9. The van der Waals surface area contributed by atoms with Crippen molar-refractivity contribution in [1.29, 1.82) is 5.26 Å². The number of benzene rings is 2. The van der Waals surface area contributed by atoms with Crippen molar-refractivity contribution in [2.75, 3.05) is 11.9 Å². The average Bonchev–Trinajstić information content (AvgIpc) is 3.60. The number of carbonyl (C=O) groups excluding carboxylic acids is 3. The topological polar surface area (TPSA) is 133 Å². The summed E-state index contributed by atoms with van der Waals surface area (Å²) in [5, 5.41) is 24.3. The second-order valence-corrected chi connectivity index (χ2v) is 11.6. The summed E-state index contributed by atoms with van der Waals surface area (Å²) in [6.45, 7) is 5.94. The van der Waals surface area contributed by atoms with E-state index in [0.717, 1.165) is 5.56 Å². The minimum Gasteiger partial charge on any atom is -0.339 e. The van der Waals surface area contributed by atoms with E-state index < -0.39 is 29.3 Å². The van der Waals surface area contributed by atoms with Gasteiger partial charge in [-0.2, -0.15) is 5.26 Å². The van der Waals surface area contributed by atoms with Crippen LogP contribution in [0.3, 0.4) is 0 Å². The lowest BCUT2D eigenvalue weighted by atomic mass is 9.80. The summed E-state index contributed by atoms with van der Waals surface area (Å²) in [7, 11) is 0. The molecule has 0 aliphatic carbocycles. The third kappa shape index (κ3) is 4.98. The molecule has 3 amide bonds. The highest BCUT2D eigenvalue weighted by atomic mass is 35.5. The summed E-state index contributed by atoms with van der Waals surface area (Å²) in [4.78, 5) is 41.7. The fourth-order valence-corrected chi connectivity index (χ4v) is 5.44. The van der Waals surface area contributed by atoms with E-state index in [0.29, 0.717) is 22.8 Å². The molecule has 200 valence electrons. The first-order valence-corrected chi connectivity index (χ1v) is 13.0. The number of rotatable bonds is 5. The largest absolute Gasteiger partial charge is 0.339 e. The number of para-hydroxylation sites is 1. The van der Waals surface area contributed by atoms with Crippen LogP contribution in [-0.4, -0.2) is 56.2 Å². The average molecular weight is 546 g/mol. The fourth-order valence-electron chi connectivity index (χ4n) is 5.32. The van der Waals surface area contributed by atoms with Crippen LogP contribution in [0.15, 0.2) is 54.7 Å². The molecule has 2 aliphatic heterocycles. The van der Waals surface area contributed by atoms with Crippen LogP contribution in [0.5, 0.6) is 0 Å². The van der Waals surface area contributed by atoms with Gasteiger partial charge in [0.25, 0.3) is 5.91 Å². The number of likely N-dealkylation sites (tertiary alicyclic amines) is 1. The van der Waals surface area contributed by atoms with Crippen molar-refractivity contribution < 1.29 is 14.4 Å². The Bertz CT molecular complexity index is 1490. The number of carbonyl (C=O) groups is 3. The molecule has 3 heterocycles. The van der Waals surface area contributed by atoms with E-state index in [-0.39, 0.29) is 30.0 Å². The van der Waals surface area contributed by atoms with Crippen LogP contribution >= 0.6 is 11.6 Å². The van der Waals surface area contributed by atoms with Gasteiger partial charge >= 0.3 is 0 Å². The Morgan fingerprint density at radius 1 is 1.23 bits per heavy atom. The van der Waals surface area contributed by atoms with Crippen molar-refractivity contribution in [1.82, 2.24) is 25.2 Å². The Labute approximate surface area is 230 Å². The molecule has 11 heteroatoms. The Balaban J connectivity index is 1.40. The molecule has 2 aliphatic rings. The molecule has 2 N–H and O–H groups in total. The maximum atomic E-state index is 14.0. The Kier molecular flexibility index (Phi) is 6.64. The molecule has 0 unspecified atom stereocenters. The van der Waals surface area contributed by atoms with Gasteiger partial charge < -0.3 is 15.5 Å². The van der Waals surface area contributed by atoms with E-state index in [9.17, 15) is 19.6 Å². The van der Waals surface area contributed by atoms with E-state index >= 15 is 0 Å². The fraction of sp³-hybridized carbons (Fsp3) is 0.357. The maximum Gasteiger partial charge on any atom is 0.274 e. The number of nitriles is 1. The minimum absolute atomic E-state index is 0.0375. The first-order valence-electron chi connectivity index (χ1n) is 12.6. The lowest BCUT2D eigenvalue weighted by molar-refractivity contribution is -0.134. The normalized spacial score (nSPS) is 20.8.